The van der Waals surface area contributed by atoms with Gasteiger partial charge >= 0.3 is 0 Å². The summed E-state index contributed by atoms with van der Waals surface area (Å²) in [7, 11) is 2.02. The number of nitrogens with zero attached hydrogens (tertiary/aromatic N) is 3. The van der Waals surface area contributed by atoms with Crippen LogP contribution < -0.4 is 10.2 Å². The van der Waals surface area contributed by atoms with Gasteiger partial charge in [-0.05, 0) is 60.5 Å². The van der Waals surface area contributed by atoms with Gasteiger partial charge in [-0.15, -0.1) is 0 Å². The fourth-order valence-corrected chi connectivity index (χ4v) is 2.58. The van der Waals surface area contributed by atoms with Gasteiger partial charge in [0.25, 0.3) is 5.91 Å². The molecule has 6 heteroatoms. The Labute approximate surface area is 157 Å². The van der Waals surface area contributed by atoms with Crippen molar-refractivity contribution < 1.29 is 4.79 Å². The van der Waals surface area contributed by atoms with E-state index in [4.69, 9.17) is 11.6 Å². The highest BCUT2D eigenvalue weighted by atomic mass is 35.5. The van der Waals surface area contributed by atoms with Crippen molar-refractivity contribution in [1.82, 2.24) is 9.97 Å². The summed E-state index contributed by atoms with van der Waals surface area (Å²) in [6.45, 7) is 0.863. The molecule has 1 N–H and O–H groups in total. The molecular formula is C20H19ClN4O. The quantitative estimate of drug-likeness (QED) is 0.714. The molecule has 0 radical (unpaired) electrons. The molecule has 0 atom stereocenters. The largest absolute Gasteiger partial charge is 0.373 e. The highest BCUT2D eigenvalue weighted by molar-refractivity contribution is 6.30. The summed E-state index contributed by atoms with van der Waals surface area (Å²) in [5, 5.41) is 3.38. The minimum absolute atomic E-state index is 0.215. The number of nitrogens with one attached hydrogen (secondary N) is 1. The molecule has 0 fully saturated rings. The van der Waals surface area contributed by atoms with E-state index in [0.29, 0.717) is 16.4 Å². The first kappa shape index (κ1) is 17.9. The maximum atomic E-state index is 12.2. The third-order valence-corrected chi connectivity index (χ3v) is 4.27. The van der Waals surface area contributed by atoms with Crippen molar-refractivity contribution >= 4 is 29.0 Å². The number of likely N-dealkylation sites (N-methyl/N-ethyl adjacent to an activating group) is 1. The first-order valence-electron chi connectivity index (χ1n) is 8.25. The van der Waals surface area contributed by atoms with Crippen LogP contribution in [0.5, 0.6) is 0 Å². The molecule has 0 aliphatic heterocycles. The van der Waals surface area contributed by atoms with Gasteiger partial charge in [-0.1, -0.05) is 11.6 Å². The number of carbonyl (C=O) groups is 1. The number of benzene rings is 1. The molecule has 0 bridgehead atoms. The first-order valence-corrected chi connectivity index (χ1v) is 8.62. The molecule has 0 aliphatic carbocycles. The van der Waals surface area contributed by atoms with Crippen molar-refractivity contribution in [1.29, 1.82) is 0 Å². The Kier molecular flexibility index (Phi) is 5.81. The molecule has 3 aromatic rings. The number of hydrogen-bond donors (Lipinski definition) is 1. The predicted octanol–water partition coefficient (Wildman–Crippen LogP) is 4.06. The van der Waals surface area contributed by atoms with E-state index < -0.39 is 0 Å². The summed E-state index contributed by atoms with van der Waals surface area (Å²) in [6.07, 6.45) is 6.28. The zero-order valence-electron chi connectivity index (χ0n) is 14.4. The molecule has 0 aliphatic rings. The molecule has 0 unspecified atom stereocenters. The zero-order chi connectivity index (χ0) is 18.4. The van der Waals surface area contributed by atoms with E-state index in [0.717, 1.165) is 18.7 Å². The lowest BCUT2D eigenvalue weighted by atomic mass is 10.2. The molecule has 1 aromatic carbocycles. The van der Waals surface area contributed by atoms with Crippen LogP contribution in [-0.2, 0) is 6.42 Å². The molecule has 3 rings (SSSR count). The monoisotopic (exact) mass is 366 g/mol. The van der Waals surface area contributed by atoms with Crippen molar-refractivity contribution in [3.05, 3.63) is 83.3 Å². The standard InChI is InChI=1S/C20H19ClN4O/c1-25(13-10-15-8-11-22-12-9-15)18-6-7-19(23-14-18)24-20(26)16-2-4-17(21)5-3-16/h2-9,11-12,14H,10,13H2,1H3,(H,23,24,26). The third-order valence-electron chi connectivity index (χ3n) is 4.02. The fourth-order valence-electron chi connectivity index (χ4n) is 2.45. The molecule has 0 saturated heterocycles. The van der Waals surface area contributed by atoms with E-state index in [1.54, 1.807) is 48.9 Å². The molecule has 132 valence electrons. The average molecular weight is 367 g/mol. The molecule has 2 aromatic heterocycles. The predicted molar refractivity (Wildman–Crippen MR) is 105 cm³/mol. The second-order valence-corrected chi connectivity index (χ2v) is 6.33. The van der Waals surface area contributed by atoms with Gasteiger partial charge in [-0.2, -0.15) is 0 Å². The van der Waals surface area contributed by atoms with Gasteiger partial charge in [-0.25, -0.2) is 4.98 Å². The van der Waals surface area contributed by atoms with Crippen LogP contribution >= 0.6 is 11.6 Å². The van der Waals surface area contributed by atoms with Crippen LogP contribution in [-0.4, -0.2) is 29.5 Å². The summed E-state index contributed by atoms with van der Waals surface area (Å²) in [6, 6.07) is 14.5. The van der Waals surface area contributed by atoms with Crippen molar-refractivity contribution in [2.45, 2.75) is 6.42 Å². The lowest BCUT2D eigenvalue weighted by molar-refractivity contribution is 0.102. The van der Waals surface area contributed by atoms with Crippen LogP contribution in [0.15, 0.2) is 67.1 Å². The average Bonchev–Trinajstić information content (AvgIpc) is 2.68. The summed E-state index contributed by atoms with van der Waals surface area (Å²) < 4.78 is 0. The Hall–Kier alpha value is -2.92. The summed E-state index contributed by atoms with van der Waals surface area (Å²) in [4.78, 5) is 22.7. The maximum absolute atomic E-state index is 12.2. The van der Waals surface area contributed by atoms with E-state index >= 15 is 0 Å². The molecular weight excluding hydrogens is 348 g/mol. The lowest BCUT2D eigenvalue weighted by Crippen LogP contribution is -2.20. The van der Waals surface area contributed by atoms with E-state index in [-0.39, 0.29) is 5.91 Å². The van der Waals surface area contributed by atoms with Gasteiger partial charge in [0, 0.05) is 36.6 Å². The number of pyridine rings is 2. The minimum Gasteiger partial charge on any atom is -0.373 e. The van der Waals surface area contributed by atoms with Crippen LogP contribution in [0.2, 0.25) is 5.02 Å². The van der Waals surface area contributed by atoms with Crippen LogP contribution in [0.1, 0.15) is 15.9 Å². The number of halogens is 1. The van der Waals surface area contributed by atoms with Crippen molar-refractivity contribution in [2.75, 3.05) is 23.8 Å². The van der Waals surface area contributed by atoms with Gasteiger partial charge in [0.15, 0.2) is 0 Å². The number of anilines is 2. The zero-order valence-corrected chi connectivity index (χ0v) is 15.1. The number of aromatic nitrogens is 2. The van der Waals surface area contributed by atoms with Gasteiger partial charge in [0.2, 0.25) is 0 Å². The van der Waals surface area contributed by atoms with Crippen molar-refractivity contribution in [2.24, 2.45) is 0 Å². The molecule has 26 heavy (non-hydrogen) atoms. The Morgan fingerprint density at radius 2 is 1.81 bits per heavy atom. The second-order valence-electron chi connectivity index (χ2n) is 5.89. The van der Waals surface area contributed by atoms with E-state index in [9.17, 15) is 4.79 Å². The summed E-state index contributed by atoms with van der Waals surface area (Å²) in [5.41, 5.74) is 2.77. The minimum atomic E-state index is -0.215. The van der Waals surface area contributed by atoms with Gasteiger partial charge in [0.05, 0.1) is 11.9 Å². The highest BCUT2D eigenvalue weighted by Gasteiger charge is 2.08. The Bertz CT molecular complexity index is 851. The Balaban J connectivity index is 1.57. The Morgan fingerprint density at radius 3 is 2.46 bits per heavy atom. The normalized spacial score (nSPS) is 10.4. The highest BCUT2D eigenvalue weighted by Crippen LogP contribution is 2.16. The molecule has 5 nitrogen and oxygen atoms in total. The van der Waals surface area contributed by atoms with Crippen LogP contribution in [0, 0.1) is 0 Å². The molecule has 1 amide bonds. The lowest BCUT2D eigenvalue weighted by Gasteiger charge is -2.19. The number of hydrogen-bond acceptors (Lipinski definition) is 4. The molecule has 0 saturated carbocycles. The first-order chi connectivity index (χ1) is 12.6. The molecule has 0 spiro atoms. The third kappa shape index (κ3) is 4.80. The van der Waals surface area contributed by atoms with Crippen LogP contribution in [0.3, 0.4) is 0 Å². The van der Waals surface area contributed by atoms with E-state index in [1.165, 1.54) is 5.56 Å². The summed E-state index contributed by atoms with van der Waals surface area (Å²) in [5.74, 6) is 0.296. The number of carbonyl (C=O) groups excluding carboxylic acids is 1. The van der Waals surface area contributed by atoms with Gasteiger partial charge < -0.3 is 10.2 Å². The van der Waals surface area contributed by atoms with E-state index in [2.05, 4.69) is 20.2 Å². The Morgan fingerprint density at radius 1 is 1.08 bits per heavy atom. The summed E-state index contributed by atoms with van der Waals surface area (Å²) >= 11 is 5.84. The second kappa shape index (κ2) is 8.45. The van der Waals surface area contributed by atoms with E-state index in [1.807, 2.05) is 25.2 Å². The van der Waals surface area contributed by atoms with Gasteiger partial charge in [0.1, 0.15) is 5.82 Å². The maximum Gasteiger partial charge on any atom is 0.256 e. The molecule has 2 heterocycles. The van der Waals surface area contributed by atoms with Crippen molar-refractivity contribution in [3.63, 3.8) is 0 Å². The number of amides is 1. The number of rotatable bonds is 6. The smallest absolute Gasteiger partial charge is 0.256 e. The van der Waals surface area contributed by atoms with Gasteiger partial charge in [-0.3, -0.25) is 9.78 Å². The SMILES string of the molecule is CN(CCc1ccncc1)c1ccc(NC(=O)c2ccc(Cl)cc2)nc1. The topological polar surface area (TPSA) is 58.1 Å². The van der Waals surface area contributed by atoms with Crippen molar-refractivity contribution in [3.8, 4) is 0 Å². The fraction of sp³-hybridized carbons (Fsp3) is 0.150. The van der Waals surface area contributed by atoms with Crippen LogP contribution in [0.4, 0.5) is 11.5 Å². The van der Waals surface area contributed by atoms with Crippen LogP contribution in [0.25, 0.3) is 0 Å².